The number of carboxylic acid groups (broad SMARTS) is 1. The van der Waals surface area contributed by atoms with Crippen LogP contribution in [0.3, 0.4) is 0 Å². The standard InChI is InChI=1S/C12H21NO2/c1-12(2)7-3-6-10(12)13-8-4-5-9(13)11(14)15/h9-10H,3-8H2,1-2H3,(H,14,15). The topological polar surface area (TPSA) is 40.5 Å². The van der Waals surface area contributed by atoms with Crippen LogP contribution in [0.5, 0.6) is 0 Å². The van der Waals surface area contributed by atoms with E-state index in [1.54, 1.807) is 0 Å². The van der Waals surface area contributed by atoms with E-state index >= 15 is 0 Å². The number of hydrogen-bond acceptors (Lipinski definition) is 2. The number of aliphatic carboxylic acids is 1. The third-order valence-electron chi connectivity index (χ3n) is 4.18. The zero-order valence-electron chi connectivity index (χ0n) is 9.70. The first-order chi connectivity index (χ1) is 7.02. The molecule has 3 nitrogen and oxygen atoms in total. The Morgan fingerprint density at radius 3 is 2.60 bits per heavy atom. The predicted molar refractivity (Wildman–Crippen MR) is 58.8 cm³/mol. The molecule has 0 bridgehead atoms. The molecule has 3 heteroatoms. The fourth-order valence-electron chi connectivity index (χ4n) is 3.35. The van der Waals surface area contributed by atoms with Crippen LogP contribution in [-0.4, -0.2) is 34.6 Å². The molecule has 2 fully saturated rings. The third-order valence-corrected chi connectivity index (χ3v) is 4.18. The summed E-state index contributed by atoms with van der Waals surface area (Å²) in [5.74, 6) is -0.629. The summed E-state index contributed by atoms with van der Waals surface area (Å²) in [5.41, 5.74) is 0.304. The number of rotatable bonds is 2. The van der Waals surface area contributed by atoms with E-state index in [0.717, 1.165) is 19.4 Å². The van der Waals surface area contributed by atoms with Gasteiger partial charge < -0.3 is 5.11 Å². The summed E-state index contributed by atoms with van der Waals surface area (Å²) >= 11 is 0. The first kappa shape index (κ1) is 10.9. The first-order valence-corrected chi connectivity index (χ1v) is 6.01. The van der Waals surface area contributed by atoms with E-state index in [-0.39, 0.29) is 6.04 Å². The molecule has 1 aliphatic heterocycles. The van der Waals surface area contributed by atoms with Crippen molar-refractivity contribution in [1.29, 1.82) is 0 Å². The summed E-state index contributed by atoms with van der Waals surface area (Å²) in [6, 6.07) is 0.272. The van der Waals surface area contributed by atoms with Gasteiger partial charge in [0.25, 0.3) is 0 Å². The number of hydrogen-bond donors (Lipinski definition) is 1. The van der Waals surface area contributed by atoms with Gasteiger partial charge in [-0.1, -0.05) is 20.3 Å². The van der Waals surface area contributed by atoms with Gasteiger partial charge in [0.1, 0.15) is 6.04 Å². The van der Waals surface area contributed by atoms with Crippen LogP contribution in [0.1, 0.15) is 46.0 Å². The quantitative estimate of drug-likeness (QED) is 0.760. The monoisotopic (exact) mass is 211 g/mol. The highest BCUT2D eigenvalue weighted by Crippen LogP contribution is 2.42. The Balaban J connectivity index is 2.12. The number of likely N-dealkylation sites (tertiary alicyclic amines) is 1. The Labute approximate surface area is 91.5 Å². The molecule has 15 heavy (non-hydrogen) atoms. The van der Waals surface area contributed by atoms with Gasteiger partial charge in [0.05, 0.1) is 0 Å². The van der Waals surface area contributed by atoms with Gasteiger partial charge in [-0.25, -0.2) is 0 Å². The lowest BCUT2D eigenvalue weighted by molar-refractivity contribution is -0.143. The summed E-state index contributed by atoms with van der Waals surface area (Å²) in [6.45, 7) is 5.54. The van der Waals surface area contributed by atoms with Gasteiger partial charge in [-0.2, -0.15) is 0 Å². The van der Waals surface area contributed by atoms with Crippen LogP contribution < -0.4 is 0 Å². The summed E-state index contributed by atoms with van der Waals surface area (Å²) in [5, 5.41) is 9.17. The minimum Gasteiger partial charge on any atom is -0.480 e. The van der Waals surface area contributed by atoms with E-state index in [4.69, 9.17) is 0 Å². The van der Waals surface area contributed by atoms with Crippen molar-refractivity contribution < 1.29 is 9.90 Å². The Hall–Kier alpha value is -0.570. The number of carboxylic acids is 1. The Morgan fingerprint density at radius 1 is 1.33 bits per heavy atom. The highest BCUT2D eigenvalue weighted by molar-refractivity contribution is 5.73. The molecule has 1 heterocycles. The van der Waals surface area contributed by atoms with Gasteiger partial charge in [0.2, 0.25) is 0 Å². The molecule has 0 aromatic heterocycles. The summed E-state index contributed by atoms with van der Waals surface area (Å²) in [6.07, 6.45) is 5.54. The van der Waals surface area contributed by atoms with Crippen molar-refractivity contribution in [3.05, 3.63) is 0 Å². The van der Waals surface area contributed by atoms with E-state index in [2.05, 4.69) is 18.7 Å². The maximum Gasteiger partial charge on any atom is 0.320 e. The van der Waals surface area contributed by atoms with Crippen LogP contribution in [0.2, 0.25) is 0 Å². The minimum absolute atomic E-state index is 0.215. The average molecular weight is 211 g/mol. The van der Waals surface area contributed by atoms with E-state index in [9.17, 15) is 9.90 Å². The molecule has 1 saturated carbocycles. The molecular formula is C12H21NO2. The van der Waals surface area contributed by atoms with Crippen molar-refractivity contribution in [2.45, 2.75) is 58.0 Å². The molecule has 0 amide bonds. The van der Waals surface area contributed by atoms with Crippen molar-refractivity contribution >= 4 is 5.97 Å². The van der Waals surface area contributed by atoms with Crippen LogP contribution >= 0.6 is 0 Å². The molecule has 2 aliphatic rings. The normalized spacial score (nSPS) is 35.9. The van der Waals surface area contributed by atoms with Gasteiger partial charge in [0, 0.05) is 6.04 Å². The van der Waals surface area contributed by atoms with Crippen molar-refractivity contribution in [3.8, 4) is 0 Å². The summed E-state index contributed by atoms with van der Waals surface area (Å²) in [7, 11) is 0. The molecule has 86 valence electrons. The van der Waals surface area contributed by atoms with Crippen LogP contribution in [0.4, 0.5) is 0 Å². The predicted octanol–water partition coefficient (Wildman–Crippen LogP) is 2.11. The molecule has 2 atom stereocenters. The first-order valence-electron chi connectivity index (χ1n) is 6.01. The zero-order chi connectivity index (χ0) is 11.1. The van der Waals surface area contributed by atoms with E-state index in [1.165, 1.54) is 19.3 Å². The second-order valence-electron chi connectivity index (χ2n) is 5.63. The highest BCUT2D eigenvalue weighted by Gasteiger charge is 2.44. The zero-order valence-corrected chi connectivity index (χ0v) is 9.70. The molecule has 1 aliphatic carbocycles. The van der Waals surface area contributed by atoms with Crippen molar-refractivity contribution in [2.75, 3.05) is 6.54 Å². The molecule has 0 aromatic rings. The van der Waals surface area contributed by atoms with Gasteiger partial charge >= 0.3 is 5.97 Å². The van der Waals surface area contributed by atoms with Crippen LogP contribution in [0.25, 0.3) is 0 Å². The van der Waals surface area contributed by atoms with E-state index in [0.29, 0.717) is 11.5 Å². The van der Waals surface area contributed by atoms with E-state index < -0.39 is 5.97 Å². The highest BCUT2D eigenvalue weighted by atomic mass is 16.4. The lowest BCUT2D eigenvalue weighted by atomic mass is 9.86. The SMILES string of the molecule is CC1(C)CCCC1N1CCCC1C(=O)O. The van der Waals surface area contributed by atoms with Crippen molar-refractivity contribution in [2.24, 2.45) is 5.41 Å². The molecule has 0 spiro atoms. The number of nitrogens with zero attached hydrogens (tertiary/aromatic N) is 1. The second-order valence-corrected chi connectivity index (χ2v) is 5.63. The smallest absolute Gasteiger partial charge is 0.320 e. The fourth-order valence-corrected chi connectivity index (χ4v) is 3.35. The van der Waals surface area contributed by atoms with Crippen molar-refractivity contribution in [1.82, 2.24) is 4.90 Å². The Kier molecular flexibility index (Phi) is 2.75. The van der Waals surface area contributed by atoms with Crippen LogP contribution in [0, 0.1) is 5.41 Å². The Morgan fingerprint density at radius 2 is 2.07 bits per heavy atom. The maximum atomic E-state index is 11.1. The molecule has 0 radical (unpaired) electrons. The fraction of sp³-hybridized carbons (Fsp3) is 0.917. The largest absolute Gasteiger partial charge is 0.480 e. The van der Waals surface area contributed by atoms with Gasteiger partial charge in [0.15, 0.2) is 0 Å². The molecule has 2 rings (SSSR count). The minimum atomic E-state index is -0.629. The lowest BCUT2D eigenvalue weighted by Gasteiger charge is -2.37. The van der Waals surface area contributed by atoms with Gasteiger partial charge in [-0.05, 0) is 37.6 Å². The maximum absolute atomic E-state index is 11.1. The number of carbonyl (C=O) groups is 1. The lowest BCUT2D eigenvalue weighted by Crippen LogP contribution is -2.47. The molecule has 1 N–H and O–H groups in total. The molecule has 2 unspecified atom stereocenters. The van der Waals surface area contributed by atoms with E-state index in [1.807, 2.05) is 0 Å². The van der Waals surface area contributed by atoms with Gasteiger partial charge in [-0.3, -0.25) is 9.69 Å². The van der Waals surface area contributed by atoms with Crippen molar-refractivity contribution in [3.63, 3.8) is 0 Å². The summed E-state index contributed by atoms with van der Waals surface area (Å²) in [4.78, 5) is 13.4. The molecule has 1 saturated heterocycles. The van der Waals surface area contributed by atoms with Crippen LogP contribution in [-0.2, 0) is 4.79 Å². The summed E-state index contributed by atoms with van der Waals surface area (Å²) < 4.78 is 0. The molecule has 0 aromatic carbocycles. The molecular weight excluding hydrogens is 190 g/mol. The van der Waals surface area contributed by atoms with Crippen LogP contribution in [0.15, 0.2) is 0 Å². The second kappa shape index (κ2) is 3.78. The third kappa shape index (κ3) is 1.89. The average Bonchev–Trinajstić information content (AvgIpc) is 2.69. The Bertz CT molecular complexity index is 262. The van der Waals surface area contributed by atoms with Gasteiger partial charge in [-0.15, -0.1) is 0 Å².